The Morgan fingerprint density at radius 3 is 1.60 bits per heavy atom. The number of hydrogen-bond acceptors (Lipinski definition) is 6. The van der Waals surface area contributed by atoms with Crippen LogP contribution in [0.25, 0.3) is 110 Å². The Kier molecular flexibility index (Phi) is 10.1. The molecule has 3 aromatic heterocycles. The molecule has 0 saturated carbocycles. The average Bonchev–Trinajstić information content (AvgIpc) is 4.00. The minimum atomic E-state index is 0.169. The van der Waals surface area contributed by atoms with Crippen LogP contribution in [-0.2, 0) is 0 Å². The molecule has 13 rings (SSSR count). The van der Waals surface area contributed by atoms with Gasteiger partial charge in [0.1, 0.15) is 0 Å². The van der Waals surface area contributed by atoms with E-state index in [1.54, 1.807) is 11.3 Å². The van der Waals surface area contributed by atoms with Crippen molar-refractivity contribution < 1.29 is 0 Å². The zero-order chi connectivity index (χ0) is 45.0. The molecular formula is C62H40N4S2. The number of allylic oxidation sites excluding steroid dienone is 3. The number of fused-ring (bicyclic) bond motifs is 6. The summed E-state index contributed by atoms with van der Waals surface area (Å²) in [7, 11) is 0. The highest BCUT2D eigenvalue weighted by molar-refractivity contribution is 8.00. The van der Waals surface area contributed by atoms with Gasteiger partial charge < -0.3 is 0 Å². The zero-order valence-corrected chi connectivity index (χ0v) is 38.3. The van der Waals surface area contributed by atoms with Crippen LogP contribution >= 0.6 is 23.1 Å². The summed E-state index contributed by atoms with van der Waals surface area (Å²) in [6.45, 7) is 0. The molecule has 11 aromatic rings. The molecule has 0 saturated heterocycles. The first kappa shape index (κ1) is 40.3. The number of thioether (sulfide) groups is 1. The Morgan fingerprint density at radius 1 is 0.368 bits per heavy atom. The Hall–Kier alpha value is -8.03. The smallest absolute Gasteiger partial charge is 0.160 e. The number of thiophene rings is 1. The van der Waals surface area contributed by atoms with E-state index in [4.69, 9.17) is 19.9 Å². The van der Waals surface area contributed by atoms with Crippen LogP contribution in [0.3, 0.4) is 0 Å². The fourth-order valence-electron chi connectivity index (χ4n) is 9.78. The van der Waals surface area contributed by atoms with Gasteiger partial charge in [-0.1, -0.05) is 206 Å². The predicted octanol–water partition coefficient (Wildman–Crippen LogP) is 16.7. The van der Waals surface area contributed by atoms with E-state index in [0.29, 0.717) is 5.82 Å². The van der Waals surface area contributed by atoms with Crippen molar-refractivity contribution in [1.29, 1.82) is 0 Å². The van der Waals surface area contributed by atoms with Gasteiger partial charge in [-0.2, -0.15) is 0 Å². The minimum Gasteiger partial charge on any atom is -0.231 e. The summed E-state index contributed by atoms with van der Waals surface area (Å²) in [5.41, 5.74) is 17.2. The van der Waals surface area contributed by atoms with Gasteiger partial charge in [-0.25, -0.2) is 19.9 Å². The van der Waals surface area contributed by atoms with Gasteiger partial charge in [0.25, 0.3) is 0 Å². The molecule has 2 atom stereocenters. The maximum Gasteiger partial charge on any atom is 0.160 e. The van der Waals surface area contributed by atoms with Crippen LogP contribution in [0.2, 0.25) is 0 Å². The normalized spacial score (nSPS) is 14.9. The first-order chi connectivity index (χ1) is 33.7. The minimum absolute atomic E-state index is 0.169. The summed E-state index contributed by atoms with van der Waals surface area (Å²) >= 11 is 3.63. The van der Waals surface area contributed by atoms with Crippen molar-refractivity contribution in [2.45, 2.75) is 16.1 Å². The molecule has 0 bridgehead atoms. The van der Waals surface area contributed by atoms with Gasteiger partial charge in [-0.05, 0) is 68.8 Å². The SMILES string of the molecule is C1=CC2Sc3c(-c4ccccc4-c4ccccc4-c4cccc(-c5nc(-c6cccc(-c7ccccc7)c6)nc6c5sc5ccccc56)c4)nc(-c4cccc(-c5ccccc5)c4)nc3C2C=C1. The third kappa shape index (κ3) is 7.17. The van der Waals surface area contributed by atoms with E-state index in [1.165, 1.54) is 10.3 Å². The number of hydrogen-bond donors (Lipinski definition) is 0. The van der Waals surface area contributed by atoms with Crippen molar-refractivity contribution >= 4 is 43.4 Å². The fourth-order valence-corrected chi connectivity index (χ4v) is 12.3. The molecule has 8 aromatic carbocycles. The van der Waals surface area contributed by atoms with Crippen LogP contribution in [0.4, 0.5) is 0 Å². The molecule has 320 valence electrons. The van der Waals surface area contributed by atoms with Crippen LogP contribution in [0.1, 0.15) is 11.6 Å². The highest BCUT2D eigenvalue weighted by Gasteiger charge is 2.36. The van der Waals surface area contributed by atoms with Gasteiger partial charge in [0, 0.05) is 43.5 Å². The van der Waals surface area contributed by atoms with Gasteiger partial charge in [-0.3, -0.25) is 0 Å². The van der Waals surface area contributed by atoms with Crippen molar-refractivity contribution in [2.75, 3.05) is 0 Å². The average molecular weight is 905 g/mol. The molecule has 2 unspecified atom stereocenters. The lowest BCUT2D eigenvalue weighted by Crippen LogP contribution is -2.09. The molecule has 4 nitrogen and oxygen atoms in total. The van der Waals surface area contributed by atoms with Gasteiger partial charge in [0.15, 0.2) is 11.6 Å². The summed E-state index contributed by atoms with van der Waals surface area (Å²) < 4.78 is 2.27. The first-order valence-corrected chi connectivity index (χ1v) is 24.6. The molecule has 0 N–H and O–H groups in total. The number of benzene rings is 8. The van der Waals surface area contributed by atoms with Crippen molar-refractivity contribution in [3.8, 4) is 89.8 Å². The molecule has 2 aliphatic rings. The molecule has 68 heavy (non-hydrogen) atoms. The van der Waals surface area contributed by atoms with Gasteiger partial charge in [0.2, 0.25) is 0 Å². The van der Waals surface area contributed by atoms with Crippen LogP contribution in [0.15, 0.2) is 235 Å². The maximum absolute atomic E-state index is 5.53. The van der Waals surface area contributed by atoms with Crippen LogP contribution in [0.5, 0.6) is 0 Å². The van der Waals surface area contributed by atoms with Crippen molar-refractivity contribution in [2.24, 2.45) is 0 Å². The van der Waals surface area contributed by atoms with Crippen LogP contribution in [-0.4, -0.2) is 25.2 Å². The molecule has 0 spiro atoms. The quantitative estimate of drug-likeness (QED) is 0.152. The predicted molar refractivity (Wildman–Crippen MR) is 285 cm³/mol. The Balaban J connectivity index is 0.950. The highest BCUT2D eigenvalue weighted by atomic mass is 32.2. The van der Waals surface area contributed by atoms with Crippen LogP contribution < -0.4 is 0 Å². The Labute approximate surface area is 403 Å². The van der Waals surface area contributed by atoms with Crippen LogP contribution in [0, 0.1) is 0 Å². The van der Waals surface area contributed by atoms with E-state index < -0.39 is 0 Å². The molecule has 0 amide bonds. The van der Waals surface area contributed by atoms with E-state index in [0.717, 1.165) is 105 Å². The summed E-state index contributed by atoms with van der Waals surface area (Å²) in [6.07, 6.45) is 8.92. The lowest BCUT2D eigenvalue weighted by Gasteiger charge is -2.17. The summed E-state index contributed by atoms with van der Waals surface area (Å²) in [5, 5.41) is 1.40. The molecule has 0 radical (unpaired) electrons. The third-order valence-electron chi connectivity index (χ3n) is 13.1. The van der Waals surface area contributed by atoms with Crippen molar-refractivity contribution in [3.05, 3.63) is 236 Å². The second-order valence-electron chi connectivity index (χ2n) is 17.2. The number of rotatable bonds is 8. The molecule has 1 aliphatic heterocycles. The molecule has 0 fully saturated rings. The van der Waals surface area contributed by atoms with Gasteiger partial charge in [0.05, 0.1) is 32.2 Å². The van der Waals surface area contributed by atoms with Gasteiger partial charge >= 0.3 is 0 Å². The highest BCUT2D eigenvalue weighted by Crippen LogP contribution is 2.52. The lowest BCUT2D eigenvalue weighted by atomic mass is 9.89. The topological polar surface area (TPSA) is 51.6 Å². The molecule has 4 heterocycles. The molecular weight excluding hydrogens is 865 g/mol. The second kappa shape index (κ2) is 17.0. The summed E-state index contributed by atoms with van der Waals surface area (Å²) in [6, 6.07) is 73.2. The van der Waals surface area contributed by atoms with E-state index in [1.807, 2.05) is 11.8 Å². The standard InChI is InChI=1S/C62H40N4S2/c1-3-18-39(19-4-1)41-22-15-26-45(36-41)61-63-55(59-57(65-61)51-32-11-13-34-53(51)67-59)44-25-17-24-43(38-44)47-28-7-8-29-48(47)49-30-9-10-31-50(49)56-60-58(52-33-12-14-35-54(52)68-60)66-62(64-56)46-27-16-23-42(37-46)40-20-5-2-6-21-40/h1-38,52,54H. The maximum atomic E-state index is 5.53. The largest absolute Gasteiger partial charge is 0.231 e. The Bertz CT molecular complexity index is 3800. The van der Waals surface area contributed by atoms with Gasteiger partial charge in [-0.15, -0.1) is 23.1 Å². The fraction of sp³-hybridized carbons (Fsp3) is 0.0323. The number of nitrogens with zero attached hydrogens (tertiary/aromatic N) is 4. The van der Waals surface area contributed by atoms with E-state index in [2.05, 4.69) is 231 Å². The Morgan fingerprint density at radius 2 is 0.882 bits per heavy atom. The van der Waals surface area contributed by atoms with Crippen molar-refractivity contribution in [1.82, 2.24) is 19.9 Å². The van der Waals surface area contributed by atoms with E-state index in [-0.39, 0.29) is 11.2 Å². The second-order valence-corrected chi connectivity index (χ2v) is 19.5. The van der Waals surface area contributed by atoms with Crippen molar-refractivity contribution in [3.63, 3.8) is 0 Å². The molecule has 6 heteroatoms. The summed E-state index contributed by atoms with van der Waals surface area (Å²) in [5.74, 6) is 1.61. The van der Waals surface area contributed by atoms with E-state index in [9.17, 15) is 0 Å². The lowest BCUT2D eigenvalue weighted by molar-refractivity contribution is 0.829. The third-order valence-corrected chi connectivity index (χ3v) is 15.6. The van der Waals surface area contributed by atoms with E-state index >= 15 is 0 Å². The zero-order valence-electron chi connectivity index (χ0n) is 36.7. The molecule has 1 aliphatic carbocycles. The monoisotopic (exact) mass is 904 g/mol. The number of aromatic nitrogens is 4. The summed E-state index contributed by atoms with van der Waals surface area (Å²) in [4.78, 5) is 22.8. The first-order valence-electron chi connectivity index (χ1n) is 22.9.